The Kier molecular flexibility index (Phi) is 3.54. The molecule has 1 aliphatic rings. The molecule has 0 bridgehead atoms. The van der Waals surface area contributed by atoms with Crippen molar-refractivity contribution < 1.29 is 0 Å². The molecule has 1 atom stereocenters. The molecular weight excluding hydrogens is 192 g/mol. The fourth-order valence-electron chi connectivity index (χ4n) is 1.83. The van der Waals surface area contributed by atoms with Crippen LogP contribution in [-0.4, -0.2) is 11.5 Å². The van der Waals surface area contributed by atoms with Gasteiger partial charge in [0, 0.05) is 11.4 Å². The van der Waals surface area contributed by atoms with Crippen molar-refractivity contribution in [2.75, 3.05) is 6.54 Å². The molecule has 0 aliphatic heterocycles. The first kappa shape index (κ1) is 10.1. The highest BCUT2D eigenvalue weighted by molar-refractivity contribution is 7.07. The maximum absolute atomic E-state index is 4.30. The Morgan fingerprint density at radius 1 is 1.64 bits per heavy atom. The van der Waals surface area contributed by atoms with Crippen LogP contribution in [-0.2, 0) is 0 Å². The maximum atomic E-state index is 4.30. The lowest BCUT2D eigenvalue weighted by molar-refractivity contribution is 0.288. The topological polar surface area (TPSA) is 24.9 Å². The Morgan fingerprint density at radius 2 is 2.50 bits per heavy atom. The Hall–Kier alpha value is -0.410. The first-order valence-electron chi connectivity index (χ1n) is 5.47. The van der Waals surface area contributed by atoms with E-state index < -0.39 is 0 Å². The fourth-order valence-corrected chi connectivity index (χ4v) is 2.47. The largest absolute Gasteiger partial charge is 0.309 e. The molecule has 1 unspecified atom stereocenters. The van der Waals surface area contributed by atoms with E-state index in [0.29, 0.717) is 6.04 Å². The van der Waals surface area contributed by atoms with Crippen LogP contribution in [0.25, 0.3) is 0 Å². The van der Waals surface area contributed by atoms with Crippen LogP contribution in [0.3, 0.4) is 0 Å². The molecular formula is C11H18N2S. The molecule has 2 nitrogen and oxygen atoms in total. The number of rotatable bonds is 5. The lowest BCUT2D eigenvalue weighted by Crippen LogP contribution is -2.24. The second kappa shape index (κ2) is 4.89. The van der Waals surface area contributed by atoms with Crippen LogP contribution in [0.15, 0.2) is 10.9 Å². The Labute approximate surface area is 89.8 Å². The molecule has 1 heterocycles. The summed E-state index contributed by atoms with van der Waals surface area (Å²) in [6.45, 7) is 3.33. The maximum Gasteiger partial charge on any atom is 0.0795 e. The number of thiazole rings is 1. The molecule has 1 aliphatic carbocycles. The Morgan fingerprint density at radius 3 is 3.07 bits per heavy atom. The van der Waals surface area contributed by atoms with Crippen LogP contribution >= 0.6 is 11.3 Å². The van der Waals surface area contributed by atoms with E-state index in [-0.39, 0.29) is 0 Å². The molecule has 1 saturated carbocycles. The van der Waals surface area contributed by atoms with E-state index in [1.807, 2.05) is 5.51 Å². The van der Waals surface area contributed by atoms with Gasteiger partial charge in [0.15, 0.2) is 0 Å². The summed E-state index contributed by atoms with van der Waals surface area (Å²) in [5.41, 5.74) is 3.09. The van der Waals surface area contributed by atoms with Gasteiger partial charge >= 0.3 is 0 Å². The van der Waals surface area contributed by atoms with Crippen molar-refractivity contribution in [3.05, 3.63) is 16.6 Å². The molecule has 0 spiro atoms. The van der Waals surface area contributed by atoms with E-state index in [0.717, 1.165) is 12.5 Å². The van der Waals surface area contributed by atoms with E-state index in [2.05, 4.69) is 22.6 Å². The number of nitrogens with zero attached hydrogens (tertiary/aromatic N) is 1. The third kappa shape index (κ3) is 2.55. The van der Waals surface area contributed by atoms with E-state index in [4.69, 9.17) is 0 Å². The smallest absolute Gasteiger partial charge is 0.0795 e. The molecule has 2 rings (SSSR count). The van der Waals surface area contributed by atoms with Crippen molar-refractivity contribution in [1.82, 2.24) is 10.3 Å². The minimum atomic E-state index is 0.418. The van der Waals surface area contributed by atoms with Gasteiger partial charge in [-0.3, -0.25) is 0 Å². The monoisotopic (exact) mass is 210 g/mol. The molecule has 1 aromatic heterocycles. The average molecular weight is 210 g/mol. The van der Waals surface area contributed by atoms with Crippen LogP contribution in [0, 0.1) is 5.92 Å². The standard InChI is InChI=1S/C11H18N2S/c1-9(11-7-14-8-13-11)12-6-5-10-3-2-4-10/h7-10,12H,2-6H2,1H3. The molecule has 14 heavy (non-hydrogen) atoms. The third-order valence-corrected chi connectivity index (χ3v) is 3.73. The quantitative estimate of drug-likeness (QED) is 0.808. The van der Waals surface area contributed by atoms with E-state index in [1.165, 1.54) is 31.4 Å². The summed E-state index contributed by atoms with van der Waals surface area (Å²) >= 11 is 1.67. The number of aromatic nitrogens is 1. The fraction of sp³-hybridized carbons (Fsp3) is 0.727. The number of hydrogen-bond acceptors (Lipinski definition) is 3. The van der Waals surface area contributed by atoms with Gasteiger partial charge in [-0.05, 0) is 25.8 Å². The third-order valence-electron chi connectivity index (χ3n) is 3.12. The van der Waals surface area contributed by atoms with E-state index >= 15 is 0 Å². The summed E-state index contributed by atoms with van der Waals surface area (Å²) < 4.78 is 0. The lowest BCUT2D eigenvalue weighted by atomic mass is 9.83. The van der Waals surface area contributed by atoms with Gasteiger partial charge in [0.2, 0.25) is 0 Å². The van der Waals surface area contributed by atoms with Crippen molar-refractivity contribution in [3.8, 4) is 0 Å². The first-order chi connectivity index (χ1) is 6.86. The van der Waals surface area contributed by atoms with Gasteiger partial charge in [0.1, 0.15) is 0 Å². The highest BCUT2D eigenvalue weighted by Gasteiger charge is 2.17. The SMILES string of the molecule is CC(NCCC1CCC1)c1cscn1. The van der Waals surface area contributed by atoms with Crippen LogP contribution in [0.2, 0.25) is 0 Å². The minimum absolute atomic E-state index is 0.418. The molecule has 0 radical (unpaired) electrons. The second-order valence-electron chi connectivity index (χ2n) is 4.17. The van der Waals surface area contributed by atoms with Crippen LogP contribution in [0.1, 0.15) is 44.3 Å². The number of nitrogens with one attached hydrogen (secondary N) is 1. The highest BCUT2D eigenvalue weighted by Crippen LogP contribution is 2.28. The second-order valence-corrected chi connectivity index (χ2v) is 4.89. The van der Waals surface area contributed by atoms with Crippen molar-refractivity contribution in [1.29, 1.82) is 0 Å². The molecule has 0 aromatic carbocycles. The molecule has 0 amide bonds. The molecule has 3 heteroatoms. The summed E-state index contributed by atoms with van der Waals surface area (Å²) in [5.74, 6) is 1.00. The normalized spacial score (nSPS) is 19.2. The van der Waals surface area contributed by atoms with Crippen molar-refractivity contribution in [2.24, 2.45) is 5.92 Å². The predicted molar refractivity (Wildman–Crippen MR) is 60.5 cm³/mol. The molecule has 1 fully saturated rings. The highest BCUT2D eigenvalue weighted by atomic mass is 32.1. The first-order valence-corrected chi connectivity index (χ1v) is 6.42. The van der Waals surface area contributed by atoms with Crippen LogP contribution in [0.5, 0.6) is 0 Å². The Balaban J connectivity index is 1.65. The summed E-state index contributed by atoms with van der Waals surface area (Å²) in [4.78, 5) is 4.30. The molecule has 78 valence electrons. The van der Waals surface area contributed by atoms with Gasteiger partial charge in [-0.1, -0.05) is 19.3 Å². The number of hydrogen-bond donors (Lipinski definition) is 1. The lowest BCUT2D eigenvalue weighted by Gasteiger charge is -2.25. The molecule has 0 saturated heterocycles. The van der Waals surface area contributed by atoms with Gasteiger partial charge in [-0.25, -0.2) is 4.98 Å². The van der Waals surface area contributed by atoms with Gasteiger partial charge in [-0.2, -0.15) is 0 Å². The Bertz CT molecular complexity index is 254. The summed E-state index contributed by atoms with van der Waals surface area (Å²) in [6.07, 6.45) is 5.69. The van der Waals surface area contributed by atoms with Crippen molar-refractivity contribution in [3.63, 3.8) is 0 Å². The zero-order valence-corrected chi connectivity index (χ0v) is 9.52. The average Bonchev–Trinajstić information content (AvgIpc) is 2.61. The van der Waals surface area contributed by atoms with Crippen LogP contribution < -0.4 is 5.32 Å². The summed E-state index contributed by atoms with van der Waals surface area (Å²) in [7, 11) is 0. The predicted octanol–water partition coefficient (Wildman–Crippen LogP) is 2.98. The zero-order valence-electron chi connectivity index (χ0n) is 8.70. The summed E-state index contributed by atoms with van der Waals surface area (Å²) in [5, 5.41) is 5.65. The van der Waals surface area contributed by atoms with Gasteiger partial charge in [0.25, 0.3) is 0 Å². The van der Waals surface area contributed by atoms with E-state index in [1.54, 1.807) is 11.3 Å². The minimum Gasteiger partial charge on any atom is -0.309 e. The summed E-state index contributed by atoms with van der Waals surface area (Å²) in [6, 6.07) is 0.418. The van der Waals surface area contributed by atoms with Crippen molar-refractivity contribution in [2.45, 2.75) is 38.6 Å². The molecule has 1 N–H and O–H groups in total. The van der Waals surface area contributed by atoms with Crippen molar-refractivity contribution >= 4 is 11.3 Å². The van der Waals surface area contributed by atoms with Crippen LogP contribution in [0.4, 0.5) is 0 Å². The van der Waals surface area contributed by atoms with E-state index in [9.17, 15) is 0 Å². The molecule has 1 aromatic rings. The van der Waals surface area contributed by atoms with Gasteiger partial charge in [0.05, 0.1) is 11.2 Å². The van der Waals surface area contributed by atoms with Gasteiger partial charge in [-0.15, -0.1) is 11.3 Å². The zero-order chi connectivity index (χ0) is 9.80. The van der Waals surface area contributed by atoms with Gasteiger partial charge < -0.3 is 5.32 Å².